The Hall–Kier alpha value is -0.550. The first-order valence-corrected chi connectivity index (χ1v) is 7.09. The topological polar surface area (TPSA) is 46.2 Å². The minimum absolute atomic E-state index is 0.239. The normalized spacial score (nSPS) is 12.2. The van der Waals surface area contributed by atoms with Gasteiger partial charge in [-0.05, 0) is 23.8 Å². The Morgan fingerprint density at radius 3 is 2.31 bits per heavy atom. The highest BCUT2D eigenvalue weighted by Gasteiger charge is 1.97. The summed E-state index contributed by atoms with van der Waals surface area (Å²) in [4.78, 5) is 0. The van der Waals surface area contributed by atoms with Gasteiger partial charge in [-0.15, -0.1) is 0 Å². The van der Waals surface area contributed by atoms with Crippen molar-refractivity contribution in [2.24, 2.45) is 0 Å². The van der Waals surface area contributed by atoms with E-state index in [1.165, 1.54) is 0 Å². The number of benzene rings is 1. The summed E-state index contributed by atoms with van der Waals surface area (Å²) in [5.74, 6) is 0. The highest BCUT2D eigenvalue weighted by molar-refractivity contribution is 7.88. The molecule has 0 saturated heterocycles. The van der Waals surface area contributed by atoms with Gasteiger partial charge in [0.2, 0.25) is 10.0 Å². The maximum absolute atomic E-state index is 10.8. The van der Waals surface area contributed by atoms with Crippen LogP contribution in [0.15, 0.2) is 24.3 Å². The third kappa shape index (κ3) is 5.51. The Morgan fingerprint density at radius 1 is 1.25 bits per heavy atom. The lowest BCUT2D eigenvalue weighted by molar-refractivity contribution is 0.592. The molecule has 0 spiro atoms. The molecule has 0 radical (unpaired) electrons. The van der Waals surface area contributed by atoms with Gasteiger partial charge in [-0.1, -0.05) is 35.4 Å². The van der Waals surface area contributed by atoms with Crippen molar-refractivity contribution in [2.45, 2.75) is 0 Å². The van der Waals surface area contributed by atoms with Crippen LogP contribution in [0.2, 0.25) is 10.0 Å². The van der Waals surface area contributed by atoms with Crippen LogP contribution in [-0.2, 0) is 10.0 Å². The van der Waals surface area contributed by atoms with Crippen LogP contribution in [0.4, 0.5) is 0 Å². The molecule has 0 atom stereocenters. The predicted octanol–water partition coefficient (Wildman–Crippen LogP) is 2.56. The Kier molecular flexibility index (Phi) is 4.80. The van der Waals surface area contributed by atoms with Crippen LogP contribution < -0.4 is 4.72 Å². The van der Waals surface area contributed by atoms with E-state index in [0.29, 0.717) is 10.0 Å². The molecule has 1 aromatic rings. The largest absolute Gasteiger partial charge is 0.213 e. The number of hydrogen-bond donors (Lipinski definition) is 1. The molecule has 0 fully saturated rings. The van der Waals surface area contributed by atoms with Crippen molar-refractivity contribution in [1.82, 2.24) is 4.72 Å². The highest BCUT2D eigenvalue weighted by atomic mass is 35.5. The second-order valence-electron chi connectivity index (χ2n) is 3.23. The maximum Gasteiger partial charge on any atom is 0.208 e. The van der Waals surface area contributed by atoms with Crippen LogP contribution in [0.1, 0.15) is 5.56 Å². The zero-order valence-corrected chi connectivity index (χ0v) is 10.9. The van der Waals surface area contributed by atoms with Crippen LogP contribution in [-0.4, -0.2) is 21.2 Å². The molecule has 6 heteroatoms. The number of halogens is 2. The molecule has 0 bridgehead atoms. The monoisotopic (exact) mass is 279 g/mol. The molecule has 1 aromatic carbocycles. The van der Waals surface area contributed by atoms with E-state index in [-0.39, 0.29) is 6.54 Å². The zero-order valence-electron chi connectivity index (χ0n) is 8.57. The lowest BCUT2D eigenvalue weighted by Crippen LogP contribution is -2.21. The quantitative estimate of drug-likeness (QED) is 0.921. The average molecular weight is 280 g/mol. The molecule has 16 heavy (non-hydrogen) atoms. The van der Waals surface area contributed by atoms with E-state index in [4.69, 9.17) is 23.2 Å². The lowest BCUT2D eigenvalue weighted by Gasteiger charge is -1.98. The fraction of sp³-hybridized carbons (Fsp3) is 0.200. The fourth-order valence-electron chi connectivity index (χ4n) is 1.07. The highest BCUT2D eigenvalue weighted by Crippen LogP contribution is 2.19. The average Bonchev–Trinajstić information content (AvgIpc) is 2.09. The molecule has 0 saturated carbocycles. The molecule has 0 aliphatic heterocycles. The van der Waals surface area contributed by atoms with Gasteiger partial charge in [-0.25, -0.2) is 13.1 Å². The van der Waals surface area contributed by atoms with E-state index in [1.54, 1.807) is 30.4 Å². The van der Waals surface area contributed by atoms with Gasteiger partial charge in [0.25, 0.3) is 0 Å². The SMILES string of the molecule is CS(=O)(=O)NCC=Cc1cc(Cl)cc(Cl)c1. The second kappa shape index (κ2) is 5.68. The standard InChI is InChI=1S/C10H11Cl2NO2S/c1-16(14,15)13-4-2-3-8-5-9(11)7-10(12)6-8/h2-3,5-7,13H,4H2,1H3. The third-order valence-corrected chi connectivity index (χ3v) is 2.79. The number of sulfonamides is 1. The Bertz CT molecular complexity index is 477. The van der Waals surface area contributed by atoms with Gasteiger partial charge in [0, 0.05) is 16.6 Å². The summed E-state index contributed by atoms with van der Waals surface area (Å²) in [7, 11) is -3.15. The van der Waals surface area contributed by atoms with Crippen LogP contribution in [0, 0.1) is 0 Å². The summed E-state index contributed by atoms with van der Waals surface area (Å²) < 4.78 is 23.9. The summed E-state index contributed by atoms with van der Waals surface area (Å²) >= 11 is 11.6. The molecule has 3 nitrogen and oxygen atoms in total. The van der Waals surface area contributed by atoms with Crippen LogP contribution in [0.3, 0.4) is 0 Å². The smallest absolute Gasteiger partial charge is 0.208 e. The number of hydrogen-bond acceptors (Lipinski definition) is 2. The van der Waals surface area contributed by atoms with Gasteiger partial charge in [0.1, 0.15) is 0 Å². The van der Waals surface area contributed by atoms with Crippen LogP contribution in [0.25, 0.3) is 6.08 Å². The maximum atomic E-state index is 10.8. The molecule has 0 aromatic heterocycles. The first kappa shape index (κ1) is 13.5. The summed E-state index contributed by atoms with van der Waals surface area (Å²) in [6.07, 6.45) is 4.54. The molecule has 0 aliphatic carbocycles. The molecule has 0 heterocycles. The molecule has 0 unspecified atom stereocenters. The van der Waals surface area contributed by atoms with E-state index in [2.05, 4.69) is 4.72 Å². The van der Waals surface area contributed by atoms with Crippen molar-refractivity contribution in [2.75, 3.05) is 12.8 Å². The van der Waals surface area contributed by atoms with Crippen molar-refractivity contribution in [1.29, 1.82) is 0 Å². The van der Waals surface area contributed by atoms with E-state index in [9.17, 15) is 8.42 Å². The summed E-state index contributed by atoms with van der Waals surface area (Å²) in [5.41, 5.74) is 0.827. The van der Waals surface area contributed by atoms with Crippen molar-refractivity contribution in [3.8, 4) is 0 Å². The summed E-state index contributed by atoms with van der Waals surface area (Å²) in [5, 5.41) is 1.09. The van der Waals surface area contributed by atoms with Gasteiger partial charge in [-0.3, -0.25) is 0 Å². The molecule has 0 amide bonds. The molecular weight excluding hydrogens is 269 g/mol. The van der Waals surface area contributed by atoms with E-state index in [0.717, 1.165) is 11.8 Å². The molecular formula is C10H11Cl2NO2S. The van der Waals surface area contributed by atoms with Gasteiger partial charge < -0.3 is 0 Å². The Morgan fingerprint density at radius 2 is 1.81 bits per heavy atom. The number of rotatable bonds is 4. The Labute approximate surface area is 105 Å². The Balaban J connectivity index is 2.63. The molecule has 88 valence electrons. The third-order valence-electron chi connectivity index (χ3n) is 1.66. The van der Waals surface area contributed by atoms with Crippen molar-refractivity contribution >= 4 is 39.3 Å². The zero-order chi connectivity index (χ0) is 12.2. The minimum Gasteiger partial charge on any atom is -0.213 e. The van der Waals surface area contributed by atoms with Gasteiger partial charge in [0.15, 0.2) is 0 Å². The second-order valence-corrected chi connectivity index (χ2v) is 5.93. The van der Waals surface area contributed by atoms with Crippen molar-refractivity contribution in [3.63, 3.8) is 0 Å². The predicted molar refractivity (Wildman–Crippen MR) is 68.3 cm³/mol. The van der Waals surface area contributed by atoms with Crippen molar-refractivity contribution in [3.05, 3.63) is 39.9 Å². The van der Waals surface area contributed by atoms with Crippen LogP contribution >= 0.6 is 23.2 Å². The van der Waals surface area contributed by atoms with Gasteiger partial charge >= 0.3 is 0 Å². The van der Waals surface area contributed by atoms with E-state index < -0.39 is 10.0 Å². The van der Waals surface area contributed by atoms with Crippen LogP contribution in [0.5, 0.6) is 0 Å². The van der Waals surface area contributed by atoms with E-state index >= 15 is 0 Å². The first-order chi connectivity index (χ1) is 7.37. The first-order valence-electron chi connectivity index (χ1n) is 4.44. The molecule has 1 rings (SSSR count). The summed E-state index contributed by atoms with van der Waals surface area (Å²) in [6, 6.07) is 5.12. The van der Waals surface area contributed by atoms with Crippen molar-refractivity contribution < 1.29 is 8.42 Å². The van der Waals surface area contributed by atoms with Gasteiger partial charge in [-0.2, -0.15) is 0 Å². The van der Waals surface area contributed by atoms with Gasteiger partial charge in [0.05, 0.1) is 6.26 Å². The lowest BCUT2D eigenvalue weighted by atomic mass is 10.2. The minimum atomic E-state index is -3.15. The fourth-order valence-corrected chi connectivity index (χ4v) is 2.01. The number of nitrogens with one attached hydrogen (secondary N) is 1. The summed E-state index contributed by atoms with van der Waals surface area (Å²) in [6.45, 7) is 0.239. The van der Waals surface area contributed by atoms with E-state index in [1.807, 2.05) is 0 Å². The molecule has 0 aliphatic rings. The molecule has 1 N–H and O–H groups in total.